The number of aryl methyl sites for hydroxylation is 2. The minimum Gasteiger partial charge on any atom is -0.492 e. The number of nitrogens with zero attached hydrogens (tertiary/aromatic N) is 1. The predicted molar refractivity (Wildman–Crippen MR) is 114 cm³/mol. The second-order valence-corrected chi connectivity index (χ2v) is 9.15. The van der Waals surface area contributed by atoms with Gasteiger partial charge in [0.25, 0.3) is 0 Å². The van der Waals surface area contributed by atoms with Gasteiger partial charge in [-0.2, -0.15) is 0 Å². The Morgan fingerprint density at radius 2 is 1.80 bits per heavy atom. The lowest BCUT2D eigenvalue weighted by molar-refractivity contribution is -0.119. The second-order valence-electron chi connectivity index (χ2n) is 6.97. The van der Waals surface area contributed by atoms with Gasteiger partial charge in [0.2, 0.25) is 22.7 Å². The van der Waals surface area contributed by atoms with Crippen molar-refractivity contribution in [3.63, 3.8) is 0 Å². The van der Waals surface area contributed by atoms with Crippen LogP contribution < -0.4 is 23.8 Å². The van der Waals surface area contributed by atoms with Crippen molar-refractivity contribution >= 4 is 21.6 Å². The Hall–Kier alpha value is -2.94. The number of hydrogen-bond donors (Lipinski definition) is 1. The summed E-state index contributed by atoms with van der Waals surface area (Å²) in [5.41, 5.74) is 2.54. The van der Waals surface area contributed by atoms with Crippen LogP contribution in [0.25, 0.3) is 0 Å². The van der Waals surface area contributed by atoms with Crippen molar-refractivity contribution in [3.8, 4) is 17.2 Å². The smallest absolute Gasteiger partial charge is 0.240 e. The van der Waals surface area contributed by atoms with Crippen LogP contribution in [0, 0.1) is 13.8 Å². The molecule has 1 aliphatic heterocycles. The summed E-state index contributed by atoms with van der Waals surface area (Å²) in [6.07, 6.45) is 0. The number of anilines is 1. The number of sulfonamides is 1. The lowest BCUT2D eigenvalue weighted by Crippen LogP contribution is -2.42. The molecular formula is C21H26N2O6S. The first-order valence-corrected chi connectivity index (χ1v) is 11.3. The number of carbonyl (C=O) groups is 1. The third-order valence-electron chi connectivity index (χ3n) is 4.52. The van der Waals surface area contributed by atoms with Crippen molar-refractivity contribution in [2.45, 2.75) is 20.8 Å². The Morgan fingerprint density at radius 1 is 1.10 bits per heavy atom. The summed E-state index contributed by atoms with van der Waals surface area (Å²) in [5, 5.41) is 2.70. The number of nitrogens with one attached hydrogen (secondary N) is 1. The normalized spacial score (nSPS) is 12.5. The van der Waals surface area contributed by atoms with E-state index in [2.05, 4.69) is 5.32 Å². The van der Waals surface area contributed by atoms with Crippen LogP contribution in [-0.4, -0.2) is 46.6 Å². The van der Waals surface area contributed by atoms with Crippen molar-refractivity contribution in [2.24, 2.45) is 0 Å². The molecule has 0 saturated carbocycles. The first kappa shape index (κ1) is 21.8. The molecule has 30 heavy (non-hydrogen) atoms. The molecule has 0 aromatic heterocycles. The van der Waals surface area contributed by atoms with E-state index in [1.807, 2.05) is 32.0 Å². The summed E-state index contributed by atoms with van der Waals surface area (Å²) in [7, 11) is -3.66. The van der Waals surface area contributed by atoms with Crippen LogP contribution >= 0.6 is 0 Å². The zero-order valence-electron chi connectivity index (χ0n) is 17.3. The van der Waals surface area contributed by atoms with Crippen molar-refractivity contribution in [1.29, 1.82) is 0 Å². The van der Waals surface area contributed by atoms with Crippen LogP contribution in [-0.2, 0) is 14.8 Å². The quantitative estimate of drug-likeness (QED) is 0.609. The molecule has 1 aliphatic rings. The van der Waals surface area contributed by atoms with Crippen LogP contribution in [0.15, 0.2) is 36.4 Å². The van der Waals surface area contributed by atoms with Crippen LogP contribution in [0.3, 0.4) is 0 Å². The van der Waals surface area contributed by atoms with Gasteiger partial charge in [-0.3, -0.25) is 9.10 Å². The lowest BCUT2D eigenvalue weighted by atomic mass is 10.1. The van der Waals surface area contributed by atoms with Gasteiger partial charge in [0.05, 0.1) is 18.0 Å². The Morgan fingerprint density at radius 3 is 2.50 bits per heavy atom. The van der Waals surface area contributed by atoms with Gasteiger partial charge in [-0.1, -0.05) is 6.07 Å². The SMILES string of the molecule is CCS(=O)(=O)N(CC(=O)NCCOc1cc(C)cc(C)c1)c1ccc2c(c1)OCO2. The average Bonchev–Trinajstić information content (AvgIpc) is 3.16. The minimum atomic E-state index is -3.66. The van der Waals surface area contributed by atoms with Gasteiger partial charge in [-0.15, -0.1) is 0 Å². The van der Waals surface area contributed by atoms with Gasteiger partial charge < -0.3 is 19.5 Å². The molecule has 1 N–H and O–H groups in total. The fourth-order valence-corrected chi connectivity index (χ4v) is 4.17. The standard InChI is InChI=1S/C21H26N2O6S/c1-4-30(25,26)23(17-5-6-19-20(12-17)29-14-28-19)13-21(24)22-7-8-27-18-10-15(2)9-16(3)11-18/h5-6,9-12H,4,7-8,13-14H2,1-3H3,(H,22,24). The van der Waals surface area contributed by atoms with E-state index in [0.717, 1.165) is 21.2 Å². The van der Waals surface area contributed by atoms with Gasteiger partial charge in [0.15, 0.2) is 11.5 Å². The van der Waals surface area contributed by atoms with Crippen molar-refractivity contribution < 1.29 is 27.4 Å². The fraction of sp³-hybridized carbons (Fsp3) is 0.381. The summed E-state index contributed by atoms with van der Waals surface area (Å²) in [5.74, 6) is 1.17. The van der Waals surface area contributed by atoms with Crippen molar-refractivity contribution in [2.75, 3.05) is 36.5 Å². The molecule has 0 atom stereocenters. The summed E-state index contributed by atoms with van der Waals surface area (Å²) in [6, 6.07) is 10.7. The first-order chi connectivity index (χ1) is 14.3. The van der Waals surface area contributed by atoms with Gasteiger partial charge in [-0.25, -0.2) is 8.42 Å². The third kappa shape index (κ3) is 5.35. The Labute approximate surface area is 176 Å². The molecule has 162 valence electrons. The van der Waals surface area contributed by atoms with Gasteiger partial charge in [0, 0.05) is 6.07 Å². The van der Waals surface area contributed by atoms with Gasteiger partial charge in [0.1, 0.15) is 18.9 Å². The third-order valence-corrected chi connectivity index (χ3v) is 6.26. The summed E-state index contributed by atoms with van der Waals surface area (Å²) in [4.78, 5) is 12.4. The molecule has 0 unspecified atom stereocenters. The number of ether oxygens (including phenoxy) is 3. The summed E-state index contributed by atoms with van der Waals surface area (Å²) in [6.45, 7) is 5.79. The average molecular weight is 435 g/mol. The molecule has 0 saturated heterocycles. The molecule has 0 fully saturated rings. The molecule has 0 bridgehead atoms. The maximum Gasteiger partial charge on any atom is 0.240 e. The Bertz CT molecular complexity index is 1000. The number of benzene rings is 2. The maximum absolute atomic E-state index is 12.6. The second kappa shape index (κ2) is 9.25. The Kier molecular flexibility index (Phi) is 6.71. The molecule has 0 spiro atoms. The zero-order chi connectivity index (χ0) is 21.7. The number of amides is 1. The largest absolute Gasteiger partial charge is 0.492 e. The number of carbonyl (C=O) groups excluding carboxylic acids is 1. The zero-order valence-corrected chi connectivity index (χ0v) is 18.1. The molecule has 0 radical (unpaired) electrons. The number of hydrogen-bond acceptors (Lipinski definition) is 6. The van der Waals surface area contributed by atoms with Gasteiger partial charge >= 0.3 is 0 Å². The van der Waals surface area contributed by atoms with E-state index < -0.39 is 15.9 Å². The molecule has 1 heterocycles. The van der Waals surface area contributed by atoms with Crippen molar-refractivity contribution in [1.82, 2.24) is 5.32 Å². The van der Waals surface area contributed by atoms with Crippen LogP contribution in [0.1, 0.15) is 18.1 Å². The highest BCUT2D eigenvalue weighted by Crippen LogP contribution is 2.36. The monoisotopic (exact) mass is 434 g/mol. The van der Waals surface area contributed by atoms with E-state index in [1.165, 1.54) is 6.92 Å². The highest BCUT2D eigenvalue weighted by atomic mass is 32.2. The molecule has 1 amide bonds. The predicted octanol–water partition coefficient (Wildman–Crippen LogP) is 2.38. The summed E-state index contributed by atoms with van der Waals surface area (Å²) >= 11 is 0. The summed E-state index contributed by atoms with van der Waals surface area (Å²) < 4.78 is 42.5. The van der Waals surface area contributed by atoms with E-state index in [9.17, 15) is 13.2 Å². The van der Waals surface area contributed by atoms with E-state index in [4.69, 9.17) is 14.2 Å². The molecule has 8 nitrogen and oxygen atoms in total. The van der Waals surface area contributed by atoms with Crippen LogP contribution in [0.4, 0.5) is 5.69 Å². The Balaban J connectivity index is 1.60. The molecule has 0 aliphatic carbocycles. The first-order valence-electron chi connectivity index (χ1n) is 9.66. The van der Waals surface area contributed by atoms with E-state index >= 15 is 0 Å². The van der Waals surface area contributed by atoms with E-state index in [-0.39, 0.29) is 32.2 Å². The van der Waals surface area contributed by atoms with E-state index in [1.54, 1.807) is 18.2 Å². The number of rotatable bonds is 9. The van der Waals surface area contributed by atoms with E-state index in [0.29, 0.717) is 17.2 Å². The van der Waals surface area contributed by atoms with Crippen molar-refractivity contribution in [3.05, 3.63) is 47.5 Å². The van der Waals surface area contributed by atoms with Gasteiger partial charge in [-0.05, 0) is 56.2 Å². The molecule has 2 aromatic carbocycles. The molecule has 2 aromatic rings. The van der Waals surface area contributed by atoms with Crippen LogP contribution in [0.5, 0.6) is 17.2 Å². The minimum absolute atomic E-state index is 0.0836. The lowest BCUT2D eigenvalue weighted by Gasteiger charge is -2.23. The molecular weight excluding hydrogens is 408 g/mol. The number of fused-ring (bicyclic) bond motifs is 1. The highest BCUT2D eigenvalue weighted by molar-refractivity contribution is 7.92. The fourth-order valence-electron chi connectivity index (χ4n) is 3.11. The topological polar surface area (TPSA) is 94.2 Å². The van der Waals surface area contributed by atoms with Crippen LogP contribution in [0.2, 0.25) is 0 Å². The maximum atomic E-state index is 12.6. The molecule has 3 rings (SSSR count). The highest BCUT2D eigenvalue weighted by Gasteiger charge is 2.25. The molecule has 9 heteroatoms.